The van der Waals surface area contributed by atoms with E-state index in [-0.39, 0.29) is 41.5 Å². The highest BCUT2D eigenvalue weighted by molar-refractivity contribution is 5.90. The van der Waals surface area contributed by atoms with Crippen LogP contribution in [-0.4, -0.2) is 55.7 Å². The molecule has 2 aromatic rings. The van der Waals surface area contributed by atoms with Crippen LogP contribution in [0.5, 0.6) is 0 Å². The first-order valence-corrected chi connectivity index (χ1v) is 13.3. The monoisotopic (exact) mass is 482 g/mol. The van der Waals surface area contributed by atoms with Crippen molar-refractivity contribution in [1.82, 2.24) is 19.4 Å². The Hall–Kier alpha value is -2.68. The van der Waals surface area contributed by atoms with Crippen LogP contribution >= 0.6 is 0 Å². The van der Waals surface area contributed by atoms with Crippen LogP contribution in [0.1, 0.15) is 89.2 Å². The number of carbonyl (C=O) groups excluding carboxylic acids is 1. The van der Waals surface area contributed by atoms with Gasteiger partial charge in [-0.25, -0.2) is 4.98 Å². The van der Waals surface area contributed by atoms with Gasteiger partial charge in [0.2, 0.25) is 11.9 Å². The lowest BCUT2D eigenvalue weighted by atomic mass is 9.85. The third-order valence-electron chi connectivity index (χ3n) is 8.23. The lowest BCUT2D eigenvalue weighted by Gasteiger charge is -2.35. The molecule has 0 spiro atoms. The third kappa shape index (κ3) is 4.62. The standard InChI is InChI=1S/C26H38N6O3/c1-15(2)21-22(27)20-14-28-26(30-23(20)32(25(21)35)18-4-3-5-18)29-17-8-6-16(7-9-17)24(34)31-12-10-19(33)11-13-31/h14-19,33H,3-13,27H2,1-2H3,(H,28,29,30). The molecule has 3 aliphatic rings. The van der Waals surface area contributed by atoms with Gasteiger partial charge in [-0.1, -0.05) is 13.8 Å². The molecule has 2 aliphatic carbocycles. The van der Waals surface area contributed by atoms with Crippen molar-refractivity contribution in [2.24, 2.45) is 5.92 Å². The number of piperidine rings is 1. The van der Waals surface area contributed by atoms with Gasteiger partial charge in [-0.2, -0.15) is 4.98 Å². The van der Waals surface area contributed by atoms with Crippen LogP contribution in [0.3, 0.4) is 0 Å². The van der Waals surface area contributed by atoms with Gasteiger partial charge >= 0.3 is 0 Å². The van der Waals surface area contributed by atoms with Crippen LogP contribution in [-0.2, 0) is 4.79 Å². The number of fused-ring (bicyclic) bond motifs is 1. The van der Waals surface area contributed by atoms with E-state index in [2.05, 4.69) is 10.3 Å². The molecule has 3 heterocycles. The fourth-order valence-electron chi connectivity index (χ4n) is 5.86. The normalized spacial score (nSPS) is 24.1. The molecule has 2 saturated carbocycles. The minimum Gasteiger partial charge on any atom is -0.398 e. The Morgan fingerprint density at radius 3 is 2.40 bits per heavy atom. The summed E-state index contributed by atoms with van der Waals surface area (Å²) in [5.74, 6) is 0.836. The van der Waals surface area contributed by atoms with Crippen LogP contribution in [0, 0.1) is 5.92 Å². The van der Waals surface area contributed by atoms with Crippen molar-refractivity contribution in [2.45, 2.75) is 95.7 Å². The maximum atomic E-state index is 13.4. The van der Waals surface area contributed by atoms with Crippen LogP contribution in [0.2, 0.25) is 0 Å². The Kier molecular flexibility index (Phi) is 6.70. The molecule has 9 nitrogen and oxygen atoms in total. The average molecular weight is 483 g/mol. The Morgan fingerprint density at radius 2 is 1.80 bits per heavy atom. The van der Waals surface area contributed by atoms with Crippen molar-refractivity contribution >= 4 is 28.6 Å². The predicted molar refractivity (Wildman–Crippen MR) is 136 cm³/mol. The van der Waals surface area contributed by atoms with Crippen LogP contribution in [0.15, 0.2) is 11.0 Å². The smallest absolute Gasteiger partial charge is 0.258 e. The van der Waals surface area contributed by atoms with Gasteiger partial charge in [-0.3, -0.25) is 14.2 Å². The van der Waals surface area contributed by atoms with Crippen molar-refractivity contribution < 1.29 is 9.90 Å². The number of pyridine rings is 1. The molecule has 1 aliphatic heterocycles. The van der Waals surface area contributed by atoms with Gasteiger partial charge in [-0.05, 0) is 63.7 Å². The highest BCUT2D eigenvalue weighted by atomic mass is 16.3. The number of nitrogens with zero attached hydrogens (tertiary/aromatic N) is 4. The van der Waals surface area contributed by atoms with Crippen molar-refractivity contribution in [1.29, 1.82) is 0 Å². The van der Waals surface area contributed by atoms with Gasteiger partial charge in [0.25, 0.3) is 5.56 Å². The maximum Gasteiger partial charge on any atom is 0.258 e. The fourth-order valence-corrected chi connectivity index (χ4v) is 5.86. The van der Waals surface area contributed by atoms with Crippen LogP contribution in [0.25, 0.3) is 11.0 Å². The Bertz CT molecular complexity index is 1140. The summed E-state index contributed by atoms with van der Waals surface area (Å²) in [4.78, 5) is 37.6. The predicted octanol–water partition coefficient (Wildman–Crippen LogP) is 3.18. The molecule has 1 amide bonds. The third-order valence-corrected chi connectivity index (χ3v) is 8.23. The van der Waals surface area contributed by atoms with Crippen molar-refractivity contribution in [2.75, 3.05) is 24.1 Å². The minimum absolute atomic E-state index is 0.0244. The first kappa shape index (κ1) is 24.0. The van der Waals surface area contributed by atoms with E-state index in [1.165, 1.54) is 0 Å². The number of anilines is 2. The lowest BCUT2D eigenvalue weighted by molar-refractivity contribution is -0.138. The number of nitrogens with two attached hydrogens (primary N) is 1. The number of nitrogen functional groups attached to an aromatic ring is 1. The second-order valence-corrected chi connectivity index (χ2v) is 10.9. The summed E-state index contributed by atoms with van der Waals surface area (Å²) in [7, 11) is 0. The molecule has 0 radical (unpaired) electrons. The Morgan fingerprint density at radius 1 is 1.11 bits per heavy atom. The number of nitrogens with one attached hydrogen (secondary N) is 1. The molecule has 2 aromatic heterocycles. The summed E-state index contributed by atoms with van der Waals surface area (Å²) in [5.41, 5.74) is 8.17. The molecule has 190 valence electrons. The van der Waals surface area contributed by atoms with Gasteiger partial charge in [0.05, 0.1) is 17.2 Å². The molecular weight excluding hydrogens is 444 g/mol. The van der Waals surface area contributed by atoms with Crippen molar-refractivity contribution in [3.63, 3.8) is 0 Å². The van der Waals surface area contributed by atoms with E-state index in [0.717, 1.165) is 50.3 Å². The van der Waals surface area contributed by atoms with Crippen LogP contribution < -0.4 is 16.6 Å². The van der Waals surface area contributed by atoms with E-state index in [9.17, 15) is 14.7 Å². The number of hydrogen-bond donors (Lipinski definition) is 3. The molecule has 0 unspecified atom stereocenters. The summed E-state index contributed by atoms with van der Waals surface area (Å²) >= 11 is 0. The molecule has 0 atom stereocenters. The quantitative estimate of drug-likeness (QED) is 0.597. The molecule has 0 bridgehead atoms. The number of aliphatic hydroxyl groups excluding tert-OH is 1. The van der Waals surface area contributed by atoms with Gasteiger partial charge in [0, 0.05) is 42.9 Å². The van der Waals surface area contributed by atoms with E-state index in [0.29, 0.717) is 48.8 Å². The number of aliphatic hydroxyl groups is 1. The number of aromatic nitrogens is 3. The van der Waals surface area contributed by atoms with Gasteiger partial charge in [0.1, 0.15) is 0 Å². The molecule has 4 N–H and O–H groups in total. The van der Waals surface area contributed by atoms with Gasteiger partial charge in [0.15, 0.2) is 5.65 Å². The second kappa shape index (κ2) is 9.76. The number of rotatable bonds is 5. The second-order valence-electron chi connectivity index (χ2n) is 10.9. The van der Waals surface area contributed by atoms with E-state index in [1.54, 1.807) is 6.20 Å². The Balaban J connectivity index is 1.31. The number of amides is 1. The topological polar surface area (TPSA) is 126 Å². The largest absolute Gasteiger partial charge is 0.398 e. The van der Waals surface area contributed by atoms with E-state index in [1.807, 2.05) is 23.3 Å². The van der Waals surface area contributed by atoms with Crippen LogP contribution in [0.4, 0.5) is 11.6 Å². The highest BCUT2D eigenvalue weighted by Crippen LogP contribution is 2.35. The SMILES string of the molecule is CC(C)c1c(N)c2cnc(NC3CCC(C(=O)N4CCC(O)CC4)CC3)nc2n(C2CCC2)c1=O. The summed E-state index contributed by atoms with van der Waals surface area (Å²) in [6.07, 6.45) is 9.34. The molecule has 0 aromatic carbocycles. The summed E-state index contributed by atoms with van der Waals surface area (Å²) in [6.45, 7) is 5.31. The lowest BCUT2D eigenvalue weighted by Crippen LogP contribution is -2.44. The number of carbonyl (C=O) groups is 1. The molecule has 35 heavy (non-hydrogen) atoms. The molecule has 9 heteroatoms. The van der Waals surface area contributed by atoms with E-state index in [4.69, 9.17) is 10.7 Å². The van der Waals surface area contributed by atoms with E-state index < -0.39 is 0 Å². The summed E-state index contributed by atoms with van der Waals surface area (Å²) < 4.78 is 1.85. The fraction of sp³-hybridized carbons (Fsp3) is 0.692. The maximum absolute atomic E-state index is 13.4. The zero-order valence-corrected chi connectivity index (χ0v) is 20.9. The molecular formula is C26H38N6O3. The van der Waals surface area contributed by atoms with E-state index >= 15 is 0 Å². The first-order valence-electron chi connectivity index (χ1n) is 13.3. The molecule has 1 saturated heterocycles. The number of likely N-dealkylation sites (tertiary alicyclic amines) is 1. The summed E-state index contributed by atoms with van der Waals surface area (Å²) in [6, 6.07) is 0.360. The molecule has 3 fully saturated rings. The van der Waals surface area contributed by atoms with Gasteiger partial charge in [-0.15, -0.1) is 0 Å². The summed E-state index contributed by atoms with van der Waals surface area (Å²) in [5, 5.41) is 13.9. The zero-order valence-electron chi connectivity index (χ0n) is 20.9. The molecule has 5 rings (SSSR count). The van der Waals surface area contributed by atoms with Crippen molar-refractivity contribution in [3.05, 3.63) is 22.1 Å². The van der Waals surface area contributed by atoms with Gasteiger partial charge < -0.3 is 21.1 Å². The Labute approximate surface area is 206 Å². The highest BCUT2D eigenvalue weighted by Gasteiger charge is 2.32. The van der Waals surface area contributed by atoms with Crippen molar-refractivity contribution in [3.8, 4) is 0 Å². The zero-order chi connectivity index (χ0) is 24.7. The number of hydrogen-bond acceptors (Lipinski definition) is 7. The first-order chi connectivity index (χ1) is 16.8. The average Bonchev–Trinajstić information content (AvgIpc) is 2.81. The minimum atomic E-state index is -0.270.